The lowest BCUT2D eigenvalue weighted by Crippen LogP contribution is -2.47. The number of nitriles is 1. The van der Waals surface area contributed by atoms with E-state index in [1.165, 1.54) is 12.8 Å². The third-order valence-corrected chi connectivity index (χ3v) is 3.52. The Hall–Kier alpha value is -1.67. The van der Waals surface area contributed by atoms with Gasteiger partial charge in [0, 0.05) is 13.1 Å². The zero-order valence-corrected chi connectivity index (χ0v) is 10.4. The van der Waals surface area contributed by atoms with E-state index in [-0.39, 0.29) is 6.10 Å². The van der Waals surface area contributed by atoms with Crippen LogP contribution in [0.2, 0.25) is 0 Å². The van der Waals surface area contributed by atoms with Crippen LogP contribution in [0.15, 0.2) is 12.1 Å². The Morgan fingerprint density at radius 2 is 2.17 bits per heavy atom. The van der Waals surface area contributed by atoms with Crippen LogP contribution in [-0.4, -0.2) is 35.5 Å². The van der Waals surface area contributed by atoms with Gasteiger partial charge in [0.15, 0.2) is 11.5 Å². The summed E-state index contributed by atoms with van der Waals surface area (Å²) in [5.41, 5.74) is 0.360. The molecule has 5 nitrogen and oxygen atoms in total. The average molecular weight is 244 g/mol. The van der Waals surface area contributed by atoms with E-state index in [9.17, 15) is 0 Å². The molecule has 3 rings (SSSR count). The molecular formula is C13H16N4O. The molecule has 94 valence electrons. The van der Waals surface area contributed by atoms with Gasteiger partial charge in [-0.15, -0.1) is 10.2 Å². The Balaban J connectivity index is 1.75. The molecule has 18 heavy (non-hydrogen) atoms. The fraction of sp³-hybridized carbons (Fsp3) is 0.615. The summed E-state index contributed by atoms with van der Waals surface area (Å²) >= 11 is 0. The molecule has 0 radical (unpaired) electrons. The Morgan fingerprint density at radius 3 is 2.78 bits per heavy atom. The summed E-state index contributed by atoms with van der Waals surface area (Å²) in [5, 5.41) is 16.7. The van der Waals surface area contributed by atoms with Crippen LogP contribution in [0.4, 0.5) is 5.82 Å². The lowest BCUT2D eigenvalue weighted by molar-refractivity contribution is -0.0274. The van der Waals surface area contributed by atoms with Crippen LogP contribution in [0.5, 0.6) is 0 Å². The van der Waals surface area contributed by atoms with Crippen molar-refractivity contribution in [2.24, 2.45) is 5.92 Å². The second kappa shape index (κ2) is 4.54. The lowest BCUT2D eigenvalue weighted by Gasteiger charge is -2.37. The first-order valence-corrected chi connectivity index (χ1v) is 6.40. The molecule has 0 aromatic carbocycles. The third kappa shape index (κ3) is 2.29. The Morgan fingerprint density at radius 1 is 1.33 bits per heavy atom. The molecule has 2 heterocycles. The topological polar surface area (TPSA) is 62.0 Å². The van der Waals surface area contributed by atoms with Crippen LogP contribution in [0.25, 0.3) is 0 Å². The van der Waals surface area contributed by atoms with Gasteiger partial charge in [-0.3, -0.25) is 0 Å². The van der Waals surface area contributed by atoms with Gasteiger partial charge < -0.3 is 9.64 Å². The van der Waals surface area contributed by atoms with Gasteiger partial charge in [0.25, 0.3) is 0 Å². The van der Waals surface area contributed by atoms with E-state index in [0.29, 0.717) is 11.8 Å². The van der Waals surface area contributed by atoms with Crippen LogP contribution >= 0.6 is 0 Å². The molecule has 0 unspecified atom stereocenters. The Kier molecular flexibility index (Phi) is 2.88. The highest BCUT2D eigenvalue weighted by atomic mass is 16.5. The van der Waals surface area contributed by atoms with Gasteiger partial charge in [-0.2, -0.15) is 5.26 Å². The minimum absolute atomic E-state index is 0.224. The standard InChI is InChI=1S/C13H16N4O/c1-9-7-17(8-12(18-9)10-2-3-10)13-5-4-11(6-14)15-16-13/h4-5,9-10,12H,2-3,7-8H2,1H3/t9-,12-/m0/s1. The average Bonchev–Trinajstić information content (AvgIpc) is 3.22. The predicted molar refractivity (Wildman–Crippen MR) is 66.0 cm³/mol. The summed E-state index contributed by atoms with van der Waals surface area (Å²) in [5.74, 6) is 1.57. The molecule has 1 aliphatic carbocycles. The fourth-order valence-corrected chi connectivity index (χ4v) is 2.46. The first kappa shape index (κ1) is 11.4. The van der Waals surface area contributed by atoms with E-state index < -0.39 is 0 Å². The second-order valence-corrected chi connectivity index (χ2v) is 5.12. The van der Waals surface area contributed by atoms with Crippen molar-refractivity contribution in [3.8, 4) is 6.07 Å². The first-order valence-electron chi connectivity index (χ1n) is 6.40. The fourth-order valence-electron chi connectivity index (χ4n) is 2.46. The summed E-state index contributed by atoms with van der Waals surface area (Å²) in [7, 11) is 0. The van der Waals surface area contributed by atoms with Crippen molar-refractivity contribution in [3.05, 3.63) is 17.8 Å². The molecule has 0 spiro atoms. The van der Waals surface area contributed by atoms with E-state index in [4.69, 9.17) is 10.00 Å². The van der Waals surface area contributed by atoms with Crippen LogP contribution in [0, 0.1) is 17.2 Å². The van der Waals surface area contributed by atoms with E-state index in [0.717, 1.165) is 24.8 Å². The van der Waals surface area contributed by atoms with Gasteiger partial charge in [-0.25, -0.2) is 0 Å². The number of nitrogens with zero attached hydrogens (tertiary/aromatic N) is 4. The molecule has 0 amide bonds. The number of anilines is 1. The lowest BCUT2D eigenvalue weighted by atomic mass is 10.1. The molecule has 5 heteroatoms. The molecule has 2 aliphatic rings. The number of morpholine rings is 1. The first-order chi connectivity index (χ1) is 8.76. The van der Waals surface area contributed by atoms with Gasteiger partial charge >= 0.3 is 0 Å². The highest BCUT2D eigenvalue weighted by Gasteiger charge is 2.37. The molecule has 1 saturated heterocycles. The highest BCUT2D eigenvalue weighted by molar-refractivity contribution is 5.40. The molecular weight excluding hydrogens is 228 g/mol. The maximum Gasteiger partial charge on any atom is 0.163 e. The van der Waals surface area contributed by atoms with Crippen LogP contribution in [-0.2, 0) is 4.74 Å². The smallest absolute Gasteiger partial charge is 0.163 e. The number of ether oxygens (including phenoxy) is 1. The van der Waals surface area contributed by atoms with E-state index >= 15 is 0 Å². The third-order valence-electron chi connectivity index (χ3n) is 3.52. The van der Waals surface area contributed by atoms with Crippen LogP contribution in [0.3, 0.4) is 0 Å². The summed E-state index contributed by atoms with van der Waals surface area (Å²) in [6.07, 6.45) is 3.11. The number of aromatic nitrogens is 2. The van der Waals surface area contributed by atoms with Crippen molar-refractivity contribution in [3.63, 3.8) is 0 Å². The van der Waals surface area contributed by atoms with Gasteiger partial charge in [0.1, 0.15) is 6.07 Å². The maximum atomic E-state index is 8.72. The maximum absolute atomic E-state index is 8.72. The minimum atomic E-state index is 0.224. The van der Waals surface area contributed by atoms with Crippen molar-refractivity contribution in [1.82, 2.24) is 10.2 Å². The Bertz CT molecular complexity index is 463. The molecule has 2 fully saturated rings. The van der Waals surface area contributed by atoms with Gasteiger partial charge in [0.05, 0.1) is 12.2 Å². The molecule has 0 N–H and O–H groups in total. The zero-order chi connectivity index (χ0) is 12.5. The van der Waals surface area contributed by atoms with E-state index in [2.05, 4.69) is 22.0 Å². The molecule has 0 bridgehead atoms. The predicted octanol–water partition coefficient (Wildman–Crippen LogP) is 1.35. The van der Waals surface area contributed by atoms with E-state index in [1.54, 1.807) is 6.07 Å². The van der Waals surface area contributed by atoms with Crippen molar-refractivity contribution >= 4 is 5.82 Å². The summed E-state index contributed by atoms with van der Waals surface area (Å²) in [6.45, 7) is 3.82. The summed E-state index contributed by atoms with van der Waals surface area (Å²) in [6, 6.07) is 5.57. The van der Waals surface area contributed by atoms with Crippen LogP contribution in [0.1, 0.15) is 25.5 Å². The minimum Gasteiger partial charge on any atom is -0.371 e. The number of rotatable bonds is 2. The molecule has 1 aromatic heterocycles. The quantitative estimate of drug-likeness (QED) is 0.786. The van der Waals surface area contributed by atoms with Crippen molar-refractivity contribution in [2.75, 3.05) is 18.0 Å². The van der Waals surface area contributed by atoms with Crippen molar-refractivity contribution in [2.45, 2.75) is 32.0 Å². The summed E-state index contributed by atoms with van der Waals surface area (Å²) < 4.78 is 5.96. The van der Waals surface area contributed by atoms with Gasteiger partial charge in [-0.05, 0) is 37.8 Å². The number of hydrogen-bond donors (Lipinski definition) is 0. The Labute approximate surface area is 106 Å². The van der Waals surface area contributed by atoms with Gasteiger partial charge in [-0.1, -0.05) is 0 Å². The van der Waals surface area contributed by atoms with Gasteiger partial charge in [0.2, 0.25) is 0 Å². The summed E-state index contributed by atoms with van der Waals surface area (Å²) in [4.78, 5) is 2.21. The molecule has 1 aromatic rings. The second-order valence-electron chi connectivity index (χ2n) is 5.12. The van der Waals surface area contributed by atoms with Crippen molar-refractivity contribution < 1.29 is 4.74 Å². The molecule has 2 atom stereocenters. The molecule has 1 aliphatic heterocycles. The zero-order valence-electron chi connectivity index (χ0n) is 10.4. The molecule has 1 saturated carbocycles. The SMILES string of the molecule is C[C@H]1CN(c2ccc(C#N)nn2)C[C@@H](C2CC2)O1. The largest absolute Gasteiger partial charge is 0.371 e. The highest BCUT2D eigenvalue weighted by Crippen LogP contribution is 2.37. The monoisotopic (exact) mass is 244 g/mol. The van der Waals surface area contributed by atoms with E-state index in [1.807, 2.05) is 12.1 Å². The number of hydrogen-bond acceptors (Lipinski definition) is 5. The van der Waals surface area contributed by atoms with Crippen LogP contribution < -0.4 is 4.90 Å². The normalized spacial score (nSPS) is 27.9. The van der Waals surface area contributed by atoms with Crippen molar-refractivity contribution in [1.29, 1.82) is 5.26 Å².